The van der Waals surface area contributed by atoms with Crippen molar-refractivity contribution >= 4 is 17.6 Å². The van der Waals surface area contributed by atoms with E-state index in [4.69, 9.17) is 5.10 Å². The predicted octanol–water partition coefficient (Wildman–Crippen LogP) is 4.48. The van der Waals surface area contributed by atoms with Crippen LogP contribution >= 0.6 is 0 Å². The molecule has 1 aromatic heterocycles. The third-order valence-electron chi connectivity index (χ3n) is 4.92. The summed E-state index contributed by atoms with van der Waals surface area (Å²) in [5.41, 5.74) is 3.73. The normalized spacial score (nSPS) is 11.7. The van der Waals surface area contributed by atoms with Gasteiger partial charge in [0, 0.05) is 30.5 Å². The first-order valence-electron chi connectivity index (χ1n) is 10.3. The fourth-order valence-electron chi connectivity index (χ4n) is 2.98. The lowest BCUT2D eigenvalue weighted by Gasteiger charge is -2.11. The number of rotatable bonds is 8. The first kappa shape index (κ1) is 21.3. The maximum absolute atomic E-state index is 12.5. The lowest BCUT2D eigenvalue weighted by Crippen LogP contribution is -2.32. The molecule has 2 aromatic carbocycles. The highest BCUT2D eigenvalue weighted by molar-refractivity contribution is 5.93. The molecule has 6 nitrogen and oxygen atoms in total. The highest BCUT2D eigenvalue weighted by atomic mass is 16.2. The van der Waals surface area contributed by atoms with Crippen molar-refractivity contribution < 1.29 is 9.59 Å². The van der Waals surface area contributed by atoms with E-state index in [-0.39, 0.29) is 30.7 Å². The molecule has 0 aliphatic carbocycles. The Morgan fingerprint density at radius 2 is 1.67 bits per heavy atom. The number of hydrogen-bond acceptors (Lipinski definition) is 3. The third kappa shape index (κ3) is 5.56. The zero-order valence-electron chi connectivity index (χ0n) is 17.7. The summed E-state index contributed by atoms with van der Waals surface area (Å²) >= 11 is 0. The number of carbonyl (C=O) groups excluding carboxylic acids is 2. The highest BCUT2D eigenvalue weighted by Crippen LogP contribution is 2.25. The molecule has 0 bridgehead atoms. The van der Waals surface area contributed by atoms with Crippen molar-refractivity contribution in [2.75, 3.05) is 5.32 Å². The van der Waals surface area contributed by atoms with Crippen LogP contribution < -0.4 is 10.6 Å². The molecule has 30 heavy (non-hydrogen) atoms. The molecule has 3 aromatic rings. The van der Waals surface area contributed by atoms with Crippen LogP contribution in [-0.2, 0) is 9.59 Å². The number of benzene rings is 2. The van der Waals surface area contributed by atoms with Crippen molar-refractivity contribution in [1.82, 2.24) is 15.1 Å². The predicted molar refractivity (Wildman–Crippen MR) is 119 cm³/mol. The van der Waals surface area contributed by atoms with Crippen LogP contribution in [-0.4, -0.2) is 27.6 Å². The van der Waals surface area contributed by atoms with E-state index >= 15 is 0 Å². The Bertz CT molecular complexity index is 994. The molecule has 2 amide bonds. The lowest BCUT2D eigenvalue weighted by atomic mass is 10.1. The molecule has 0 saturated heterocycles. The minimum Gasteiger partial charge on any atom is -0.354 e. The van der Waals surface area contributed by atoms with Crippen LogP contribution in [0.1, 0.15) is 38.7 Å². The summed E-state index contributed by atoms with van der Waals surface area (Å²) in [5, 5.41) is 10.5. The summed E-state index contributed by atoms with van der Waals surface area (Å²) in [4.78, 5) is 24.5. The van der Waals surface area contributed by atoms with Crippen LogP contribution in [0.2, 0.25) is 0 Å². The second-order valence-corrected chi connectivity index (χ2v) is 7.45. The first-order valence-corrected chi connectivity index (χ1v) is 10.3. The van der Waals surface area contributed by atoms with E-state index in [9.17, 15) is 9.59 Å². The summed E-state index contributed by atoms with van der Waals surface area (Å²) in [7, 11) is 0. The summed E-state index contributed by atoms with van der Waals surface area (Å²) in [5.74, 6) is 0.240. The standard InChI is InChI=1S/C24H28N4O2/c1-4-18(3)25-23(29)14-15-24(30)26-22-16-21(19-8-6-5-7-9-19)27-28(22)20-12-10-17(2)11-13-20/h5-13,16,18H,4,14-15H2,1-3H3,(H,25,29)(H,26,30). The van der Waals surface area contributed by atoms with E-state index in [1.54, 1.807) is 4.68 Å². The fraction of sp³-hybridized carbons (Fsp3) is 0.292. The molecule has 6 heteroatoms. The van der Waals surface area contributed by atoms with Crippen molar-refractivity contribution in [2.45, 2.75) is 46.1 Å². The third-order valence-corrected chi connectivity index (χ3v) is 4.92. The average Bonchev–Trinajstić information content (AvgIpc) is 3.17. The molecule has 0 fully saturated rings. The van der Waals surface area contributed by atoms with Crippen LogP contribution in [0.5, 0.6) is 0 Å². The molecular formula is C24H28N4O2. The number of aromatic nitrogens is 2. The number of carbonyl (C=O) groups is 2. The summed E-state index contributed by atoms with van der Waals surface area (Å²) < 4.78 is 1.72. The van der Waals surface area contributed by atoms with Crippen LogP contribution in [0.15, 0.2) is 60.7 Å². The Morgan fingerprint density at radius 1 is 1.00 bits per heavy atom. The van der Waals surface area contributed by atoms with Gasteiger partial charge < -0.3 is 10.6 Å². The van der Waals surface area contributed by atoms with Gasteiger partial charge in [-0.3, -0.25) is 9.59 Å². The van der Waals surface area contributed by atoms with Gasteiger partial charge in [-0.1, -0.05) is 55.0 Å². The van der Waals surface area contributed by atoms with E-state index in [2.05, 4.69) is 10.6 Å². The number of nitrogens with one attached hydrogen (secondary N) is 2. The minimum atomic E-state index is -0.220. The minimum absolute atomic E-state index is 0.108. The van der Waals surface area contributed by atoms with E-state index in [1.807, 2.05) is 81.4 Å². The van der Waals surface area contributed by atoms with Crippen molar-refractivity contribution in [1.29, 1.82) is 0 Å². The Morgan fingerprint density at radius 3 is 2.33 bits per heavy atom. The number of amides is 2. The van der Waals surface area contributed by atoms with Gasteiger partial charge in [0.15, 0.2) is 0 Å². The molecule has 3 rings (SSSR count). The van der Waals surface area contributed by atoms with Crippen molar-refractivity contribution in [2.24, 2.45) is 0 Å². The van der Waals surface area contributed by atoms with Gasteiger partial charge in [-0.25, -0.2) is 4.68 Å². The summed E-state index contributed by atoms with van der Waals surface area (Å²) in [6.45, 7) is 5.98. The lowest BCUT2D eigenvalue weighted by molar-refractivity contribution is -0.124. The van der Waals surface area contributed by atoms with E-state index < -0.39 is 0 Å². The largest absolute Gasteiger partial charge is 0.354 e. The monoisotopic (exact) mass is 404 g/mol. The van der Waals surface area contributed by atoms with Crippen molar-refractivity contribution in [3.63, 3.8) is 0 Å². The van der Waals surface area contributed by atoms with Crippen LogP contribution in [0.25, 0.3) is 16.9 Å². The number of hydrogen-bond donors (Lipinski definition) is 2. The quantitative estimate of drug-likeness (QED) is 0.581. The molecule has 0 radical (unpaired) electrons. The Labute approximate surface area is 177 Å². The van der Waals surface area contributed by atoms with Gasteiger partial charge in [0.25, 0.3) is 0 Å². The van der Waals surface area contributed by atoms with E-state index in [0.717, 1.165) is 28.9 Å². The van der Waals surface area contributed by atoms with Gasteiger partial charge in [0.05, 0.1) is 11.4 Å². The van der Waals surface area contributed by atoms with Gasteiger partial charge in [0.2, 0.25) is 11.8 Å². The van der Waals surface area contributed by atoms with E-state index in [0.29, 0.717) is 5.82 Å². The summed E-state index contributed by atoms with van der Waals surface area (Å²) in [6.07, 6.45) is 1.12. The van der Waals surface area contributed by atoms with Crippen LogP contribution in [0.4, 0.5) is 5.82 Å². The first-order chi connectivity index (χ1) is 14.5. The van der Waals surface area contributed by atoms with E-state index in [1.165, 1.54) is 0 Å². The molecule has 1 atom stereocenters. The fourth-order valence-corrected chi connectivity index (χ4v) is 2.98. The Kier molecular flexibility index (Phi) is 7.01. The zero-order chi connectivity index (χ0) is 21.5. The van der Waals surface area contributed by atoms with Crippen LogP contribution in [0.3, 0.4) is 0 Å². The average molecular weight is 405 g/mol. The van der Waals surface area contributed by atoms with Gasteiger partial charge >= 0.3 is 0 Å². The SMILES string of the molecule is CCC(C)NC(=O)CCC(=O)Nc1cc(-c2ccccc2)nn1-c1ccc(C)cc1. The smallest absolute Gasteiger partial charge is 0.226 e. The zero-order valence-corrected chi connectivity index (χ0v) is 17.7. The second-order valence-electron chi connectivity index (χ2n) is 7.45. The highest BCUT2D eigenvalue weighted by Gasteiger charge is 2.15. The van der Waals surface area contributed by atoms with Gasteiger partial charge in [-0.2, -0.15) is 5.10 Å². The number of anilines is 1. The van der Waals surface area contributed by atoms with Crippen LogP contribution in [0, 0.1) is 6.92 Å². The Balaban J connectivity index is 1.78. The molecule has 156 valence electrons. The molecule has 0 aliphatic rings. The molecule has 0 saturated carbocycles. The maximum atomic E-state index is 12.5. The second kappa shape index (κ2) is 9.87. The molecule has 2 N–H and O–H groups in total. The molecule has 0 aliphatic heterocycles. The van der Waals surface area contributed by atoms with Gasteiger partial charge in [0.1, 0.15) is 5.82 Å². The topological polar surface area (TPSA) is 76.0 Å². The van der Waals surface area contributed by atoms with Crippen molar-refractivity contribution in [3.05, 3.63) is 66.2 Å². The molecule has 0 spiro atoms. The molecular weight excluding hydrogens is 376 g/mol. The van der Waals surface area contributed by atoms with Crippen molar-refractivity contribution in [3.8, 4) is 16.9 Å². The number of aryl methyl sites for hydroxylation is 1. The maximum Gasteiger partial charge on any atom is 0.226 e. The summed E-state index contributed by atoms with van der Waals surface area (Å²) in [6, 6.07) is 19.7. The van der Waals surface area contributed by atoms with Gasteiger partial charge in [-0.15, -0.1) is 0 Å². The number of nitrogens with zero attached hydrogens (tertiary/aromatic N) is 2. The Hall–Kier alpha value is -3.41. The molecule has 1 unspecified atom stereocenters. The molecule has 1 heterocycles. The van der Waals surface area contributed by atoms with Gasteiger partial charge in [-0.05, 0) is 32.4 Å².